The number of nitrogens with zero attached hydrogens (tertiary/aromatic N) is 2. The van der Waals surface area contributed by atoms with Gasteiger partial charge >= 0.3 is 0 Å². The molecule has 0 atom stereocenters. The van der Waals surface area contributed by atoms with E-state index in [1.54, 1.807) is 26.0 Å². The van der Waals surface area contributed by atoms with Crippen molar-refractivity contribution in [2.24, 2.45) is 5.92 Å². The van der Waals surface area contributed by atoms with Crippen LogP contribution < -0.4 is 10.6 Å². The molecule has 1 amide bonds. The summed E-state index contributed by atoms with van der Waals surface area (Å²) in [4.78, 5) is 11.5. The van der Waals surface area contributed by atoms with Crippen LogP contribution in [0.5, 0.6) is 0 Å². The molecule has 7 heteroatoms. The third-order valence-electron chi connectivity index (χ3n) is 2.63. The first-order valence-electron chi connectivity index (χ1n) is 6.32. The second-order valence-electron chi connectivity index (χ2n) is 4.70. The van der Waals surface area contributed by atoms with Crippen molar-refractivity contribution in [2.45, 2.75) is 13.8 Å². The van der Waals surface area contributed by atoms with E-state index in [1.165, 1.54) is 18.2 Å². The molecule has 0 spiro atoms. The average Bonchev–Trinajstić information content (AvgIpc) is 2.45. The molecule has 0 fully saturated rings. The van der Waals surface area contributed by atoms with Crippen LogP contribution in [0, 0.1) is 11.7 Å². The minimum absolute atomic E-state index is 0.0220. The highest BCUT2D eigenvalue weighted by Crippen LogP contribution is 2.21. The predicted molar refractivity (Wildman–Crippen MR) is 80.2 cm³/mol. The van der Waals surface area contributed by atoms with Crippen LogP contribution in [0.25, 0.3) is 0 Å². The molecule has 1 heterocycles. The van der Waals surface area contributed by atoms with Crippen molar-refractivity contribution in [1.29, 1.82) is 0 Å². The van der Waals surface area contributed by atoms with E-state index in [1.807, 2.05) is 0 Å². The number of aromatic nitrogens is 2. The number of halogens is 2. The maximum absolute atomic E-state index is 13.0. The lowest BCUT2D eigenvalue weighted by molar-refractivity contribution is -0.118. The molecule has 1 aromatic heterocycles. The third-order valence-corrected chi connectivity index (χ3v) is 2.92. The van der Waals surface area contributed by atoms with Gasteiger partial charge in [0.1, 0.15) is 5.82 Å². The van der Waals surface area contributed by atoms with Crippen molar-refractivity contribution in [2.75, 3.05) is 10.6 Å². The lowest BCUT2D eigenvalue weighted by atomic mass is 10.2. The number of nitrogens with one attached hydrogen (secondary N) is 2. The molecule has 5 nitrogen and oxygen atoms in total. The summed E-state index contributed by atoms with van der Waals surface area (Å²) in [5, 5.41) is 13.4. The quantitative estimate of drug-likeness (QED) is 0.905. The predicted octanol–water partition coefficient (Wildman–Crippen LogP) is 3.61. The molecule has 0 saturated carbocycles. The fourth-order valence-electron chi connectivity index (χ4n) is 1.46. The normalized spacial score (nSPS) is 10.5. The second kappa shape index (κ2) is 6.49. The molecule has 2 rings (SSSR count). The number of carbonyl (C=O) groups excluding carboxylic acids is 1. The largest absolute Gasteiger partial charge is 0.339 e. The molecule has 0 saturated heterocycles. The fourth-order valence-corrected chi connectivity index (χ4v) is 1.64. The van der Waals surface area contributed by atoms with Crippen molar-refractivity contribution in [3.63, 3.8) is 0 Å². The van der Waals surface area contributed by atoms with Crippen molar-refractivity contribution in [3.8, 4) is 0 Å². The van der Waals surface area contributed by atoms with Gasteiger partial charge in [-0.25, -0.2) is 4.39 Å². The van der Waals surface area contributed by atoms with Crippen LogP contribution in [-0.4, -0.2) is 16.1 Å². The Hall–Kier alpha value is -2.21. The van der Waals surface area contributed by atoms with Gasteiger partial charge in [-0.2, -0.15) is 0 Å². The topological polar surface area (TPSA) is 66.9 Å². The third kappa shape index (κ3) is 4.13. The van der Waals surface area contributed by atoms with Gasteiger partial charge < -0.3 is 10.6 Å². The van der Waals surface area contributed by atoms with Gasteiger partial charge in [0.25, 0.3) is 0 Å². The second-order valence-corrected chi connectivity index (χ2v) is 5.11. The van der Waals surface area contributed by atoms with Crippen LogP contribution in [-0.2, 0) is 4.79 Å². The van der Waals surface area contributed by atoms with E-state index in [0.717, 1.165) is 0 Å². The molecule has 110 valence electrons. The van der Waals surface area contributed by atoms with E-state index in [9.17, 15) is 9.18 Å². The molecule has 2 aromatic rings. The van der Waals surface area contributed by atoms with Crippen molar-refractivity contribution in [1.82, 2.24) is 10.2 Å². The zero-order chi connectivity index (χ0) is 15.4. The molecular weight excluding hydrogens is 295 g/mol. The van der Waals surface area contributed by atoms with E-state index in [4.69, 9.17) is 11.6 Å². The molecule has 2 N–H and O–H groups in total. The molecule has 0 bridgehead atoms. The average molecular weight is 309 g/mol. The Morgan fingerprint density at radius 2 is 1.86 bits per heavy atom. The Kier molecular flexibility index (Phi) is 4.70. The van der Waals surface area contributed by atoms with Gasteiger partial charge in [0.05, 0.1) is 5.02 Å². The summed E-state index contributed by atoms with van der Waals surface area (Å²) < 4.78 is 13.0. The van der Waals surface area contributed by atoms with Crippen LogP contribution in [0.1, 0.15) is 13.8 Å². The monoisotopic (exact) mass is 308 g/mol. The van der Waals surface area contributed by atoms with Crippen molar-refractivity contribution < 1.29 is 9.18 Å². The van der Waals surface area contributed by atoms with Gasteiger partial charge in [0.2, 0.25) is 5.91 Å². The first-order valence-corrected chi connectivity index (χ1v) is 6.70. The summed E-state index contributed by atoms with van der Waals surface area (Å²) in [6.45, 7) is 3.58. The van der Waals surface area contributed by atoms with E-state index < -0.39 is 5.82 Å². The summed E-state index contributed by atoms with van der Waals surface area (Å²) >= 11 is 5.69. The molecule has 0 aliphatic heterocycles. The van der Waals surface area contributed by atoms with Crippen LogP contribution >= 0.6 is 11.6 Å². The Morgan fingerprint density at radius 1 is 1.19 bits per heavy atom. The molecule has 1 aromatic carbocycles. The number of amides is 1. The lowest BCUT2D eigenvalue weighted by Gasteiger charge is -2.08. The van der Waals surface area contributed by atoms with Crippen LogP contribution in [0.15, 0.2) is 30.3 Å². The summed E-state index contributed by atoms with van der Waals surface area (Å²) in [5.74, 6) is 0.0814. The van der Waals surface area contributed by atoms with Crippen molar-refractivity contribution in [3.05, 3.63) is 41.2 Å². The highest BCUT2D eigenvalue weighted by molar-refractivity contribution is 6.31. The molecule has 0 aliphatic rings. The molecule has 0 aliphatic carbocycles. The number of carbonyl (C=O) groups is 1. The standard InChI is InChI=1S/C14H14ClFN4O/c1-8(2)14(21)18-13-6-5-12(19-20-13)17-9-3-4-11(16)10(15)7-9/h3-8H,1-2H3,(H,17,19)(H,18,20,21). The van der Waals surface area contributed by atoms with Gasteiger partial charge in [0.15, 0.2) is 11.6 Å². The van der Waals surface area contributed by atoms with Gasteiger partial charge in [-0.15, -0.1) is 10.2 Å². The Labute approximate surface area is 126 Å². The summed E-state index contributed by atoms with van der Waals surface area (Å²) in [6.07, 6.45) is 0. The highest BCUT2D eigenvalue weighted by atomic mass is 35.5. The van der Waals surface area contributed by atoms with E-state index in [0.29, 0.717) is 17.3 Å². The maximum atomic E-state index is 13.0. The molecule has 0 radical (unpaired) electrons. The Bertz CT molecular complexity index is 646. The summed E-state index contributed by atoms with van der Waals surface area (Å²) in [7, 11) is 0. The van der Waals surface area contributed by atoms with Gasteiger partial charge in [-0.05, 0) is 30.3 Å². The molecular formula is C14H14ClFN4O. The smallest absolute Gasteiger partial charge is 0.228 e. The van der Waals surface area contributed by atoms with Crippen LogP contribution in [0.2, 0.25) is 5.02 Å². The zero-order valence-electron chi connectivity index (χ0n) is 11.5. The maximum Gasteiger partial charge on any atom is 0.228 e. The van der Waals surface area contributed by atoms with E-state index in [-0.39, 0.29) is 16.8 Å². The van der Waals surface area contributed by atoms with Gasteiger partial charge in [-0.3, -0.25) is 4.79 Å². The zero-order valence-corrected chi connectivity index (χ0v) is 12.3. The minimum atomic E-state index is -0.486. The lowest BCUT2D eigenvalue weighted by Crippen LogP contribution is -2.18. The fraction of sp³-hybridized carbons (Fsp3) is 0.214. The molecule has 0 unspecified atom stereocenters. The summed E-state index contributed by atoms with van der Waals surface area (Å²) in [6, 6.07) is 7.53. The van der Waals surface area contributed by atoms with Gasteiger partial charge in [0, 0.05) is 11.6 Å². The number of hydrogen-bond donors (Lipinski definition) is 2. The number of benzene rings is 1. The van der Waals surface area contributed by atoms with E-state index >= 15 is 0 Å². The number of rotatable bonds is 4. The Balaban J connectivity index is 2.05. The minimum Gasteiger partial charge on any atom is -0.339 e. The van der Waals surface area contributed by atoms with Crippen molar-refractivity contribution >= 4 is 34.8 Å². The van der Waals surface area contributed by atoms with Crippen LogP contribution in [0.3, 0.4) is 0 Å². The highest BCUT2D eigenvalue weighted by Gasteiger charge is 2.08. The van der Waals surface area contributed by atoms with E-state index in [2.05, 4.69) is 20.8 Å². The number of anilines is 3. The summed E-state index contributed by atoms with van der Waals surface area (Å²) in [5.41, 5.74) is 0.592. The number of hydrogen-bond acceptors (Lipinski definition) is 4. The molecule has 21 heavy (non-hydrogen) atoms. The van der Waals surface area contributed by atoms with Crippen LogP contribution in [0.4, 0.5) is 21.7 Å². The first-order chi connectivity index (χ1) is 9.95. The first kappa shape index (κ1) is 15.2. The Morgan fingerprint density at radius 3 is 2.43 bits per heavy atom. The van der Waals surface area contributed by atoms with Gasteiger partial charge in [-0.1, -0.05) is 25.4 Å². The SMILES string of the molecule is CC(C)C(=O)Nc1ccc(Nc2ccc(F)c(Cl)c2)nn1.